The minimum absolute atomic E-state index is 0.0301. The minimum atomic E-state index is -0.0301. The molecule has 0 aliphatic carbocycles. The van der Waals surface area contributed by atoms with Crippen LogP contribution in [0.25, 0.3) is 0 Å². The number of rotatable bonds is 4. The van der Waals surface area contributed by atoms with Crippen molar-refractivity contribution in [1.82, 2.24) is 10.6 Å². The van der Waals surface area contributed by atoms with Crippen molar-refractivity contribution in [3.05, 3.63) is 41.9 Å². The van der Waals surface area contributed by atoms with Gasteiger partial charge in [0.1, 0.15) is 0 Å². The van der Waals surface area contributed by atoms with Gasteiger partial charge < -0.3 is 4.90 Å². The van der Waals surface area contributed by atoms with Crippen molar-refractivity contribution < 1.29 is 0 Å². The Morgan fingerprint density at radius 2 is 2.11 bits per heavy atom. The molecule has 104 valence electrons. The second-order valence-corrected chi connectivity index (χ2v) is 5.35. The third-order valence-corrected chi connectivity index (χ3v) is 3.97. The van der Waals surface area contributed by atoms with E-state index in [4.69, 9.17) is 23.2 Å². The van der Waals surface area contributed by atoms with E-state index in [2.05, 4.69) is 34.6 Å². The zero-order valence-corrected chi connectivity index (χ0v) is 12.4. The first-order valence-electron chi connectivity index (χ1n) is 6.43. The Bertz CT molecular complexity index is 410. The quantitative estimate of drug-likeness (QED) is 0.661. The fourth-order valence-corrected chi connectivity index (χ4v) is 2.48. The summed E-state index contributed by atoms with van der Waals surface area (Å²) in [6.45, 7) is 3.63. The van der Waals surface area contributed by atoms with Crippen LogP contribution in [0, 0.1) is 0 Å². The summed E-state index contributed by atoms with van der Waals surface area (Å²) in [7, 11) is 0. The van der Waals surface area contributed by atoms with Gasteiger partial charge in [0, 0.05) is 30.4 Å². The highest BCUT2D eigenvalue weighted by atomic mass is 35.5. The maximum Gasteiger partial charge on any atom is 0.0979 e. The van der Waals surface area contributed by atoms with Crippen molar-refractivity contribution in [2.45, 2.75) is 24.6 Å². The molecule has 0 radical (unpaired) electrons. The molecule has 3 unspecified atom stereocenters. The van der Waals surface area contributed by atoms with Crippen molar-refractivity contribution in [3.8, 4) is 0 Å². The molecule has 2 N–H and O–H groups in total. The molecule has 1 aromatic carbocycles. The Labute approximate surface area is 124 Å². The number of nitrogens with zero attached hydrogens (tertiary/aromatic N) is 1. The zero-order valence-electron chi connectivity index (χ0n) is 10.9. The Kier molecular flexibility index (Phi) is 5.52. The molecule has 1 saturated heterocycles. The van der Waals surface area contributed by atoms with E-state index in [0.717, 1.165) is 18.8 Å². The van der Waals surface area contributed by atoms with E-state index in [1.807, 2.05) is 24.3 Å². The van der Waals surface area contributed by atoms with Crippen LogP contribution in [0.1, 0.15) is 6.92 Å². The first kappa shape index (κ1) is 14.7. The van der Waals surface area contributed by atoms with Crippen molar-refractivity contribution in [1.29, 1.82) is 0 Å². The predicted octanol–water partition coefficient (Wildman–Crippen LogP) is 2.72. The number of nitrogens with one attached hydrogen (secondary N) is 2. The van der Waals surface area contributed by atoms with Crippen molar-refractivity contribution in [2.75, 3.05) is 18.0 Å². The van der Waals surface area contributed by atoms with Gasteiger partial charge in [-0.3, -0.25) is 10.6 Å². The number of hydrogen-bond donors (Lipinski definition) is 2. The topological polar surface area (TPSA) is 27.3 Å². The van der Waals surface area contributed by atoms with Crippen LogP contribution in [0.2, 0.25) is 0 Å². The zero-order chi connectivity index (χ0) is 13.7. The van der Waals surface area contributed by atoms with Gasteiger partial charge in [-0.25, -0.2) is 0 Å². The lowest BCUT2D eigenvalue weighted by molar-refractivity contribution is 0.325. The van der Waals surface area contributed by atoms with Crippen LogP contribution in [0.3, 0.4) is 0 Å². The molecule has 19 heavy (non-hydrogen) atoms. The standard InChI is InChI=1S/C14H19Cl2N3/c1-11-14(16)17-10-13(18-11)19(9-5-8-15)12-6-3-2-4-7-12/h2-8,11,13-14,17-18H,9-10H2,1H3/b8-5+. The Morgan fingerprint density at radius 1 is 1.37 bits per heavy atom. The molecule has 0 saturated carbocycles. The largest absolute Gasteiger partial charge is 0.351 e. The van der Waals surface area contributed by atoms with E-state index in [1.54, 1.807) is 5.54 Å². The van der Waals surface area contributed by atoms with E-state index in [-0.39, 0.29) is 17.7 Å². The monoisotopic (exact) mass is 299 g/mol. The molecule has 1 aliphatic rings. The number of para-hydroxylation sites is 1. The van der Waals surface area contributed by atoms with Gasteiger partial charge in [0.15, 0.2) is 0 Å². The van der Waals surface area contributed by atoms with Crippen LogP contribution in [-0.2, 0) is 0 Å². The number of piperazine rings is 1. The molecular formula is C14H19Cl2N3. The number of hydrogen-bond acceptors (Lipinski definition) is 3. The van der Waals surface area contributed by atoms with Gasteiger partial charge in [0.05, 0.1) is 11.7 Å². The summed E-state index contributed by atoms with van der Waals surface area (Å²) in [4.78, 5) is 2.27. The van der Waals surface area contributed by atoms with E-state index in [9.17, 15) is 0 Å². The normalized spacial score (nSPS) is 27.6. The number of benzene rings is 1. The fraction of sp³-hybridized carbons (Fsp3) is 0.429. The van der Waals surface area contributed by atoms with Gasteiger partial charge in [-0.1, -0.05) is 35.9 Å². The van der Waals surface area contributed by atoms with Gasteiger partial charge in [0.25, 0.3) is 0 Å². The third kappa shape index (κ3) is 3.86. The first-order valence-corrected chi connectivity index (χ1v) is 7.30. The molecule has 0 aromatic heterocycles. The molecule has 1 aliphatic heterocycles. The van der Waals surface area contributed by atoms with E-state index >= 15 is 0 Å². The van der Waals surface area contributed by atoms with Gasteiger partial charge in [-0.05, 0) is 19.1 Å². The number of anilines is 1. The van der Waals surface area contributed by atoms with Crippen LogP contribution in [-0.4, -0.2) is 30.8 Å². The summed E-state index contributed by atoms with van der Waals surface area (Å²) in [5.41, 5.74) is 2.69. The second kappa shape index (κ2) is 7.15. The van der Waals surface area contributed by atoms with Crippen molar-refractivity contribution in [3.63, 3.8) is 0 Å². The smallest absolute Gasteiger partial charge is 0.0979 e. The molecule has 1 heterocycles. The average molecular weight is 300 g/mol. The highest BCUT2D eigenvalue weighted by Gasteiger charge is 2.28. The minimum Gasteiger partial charge on any atom is -0.351 e. The van der Waals surface area contributed by atoms with Crippen molar-refractivity contribution >= 4 is 28.9 Å². The van der Waals surface area contributed by atoms with Gasteiger partial charge >= 0.3 is 0 Å². The van der Waals surface area contributed by atoms with E-state index in [1.165, 1.54) is 0 Å². The molecule has 1 fully saturated rings. The van der Waals surface area contributed by atoms with Crippen LogP contribution >= 0.6 is 23.2 Å². The molecule has 3 atom stereocenters. The molecule has 0 amide bonds. The summed E-state index contributed by atoms with van der Waals surface area (Å²) in [5, 5.41) is 6.84. The van der Waals surface area contributed by atoms with E-state index < -0.39 is 0 Å². The highest BCUT2D eigenvalue weighted by Crippen LogP contribution is 2.18. The summed E-state index contributed by atoms with van der Waals surface area (Å²) >= 11 is 11.8. The molecule has 0 spiro atoms. The maximum atomic E-state index is 6.16. The van der Waals surface area contributed by atoms with Gasteiger partial charge in [-0.15, -0.1) is 11.6 Å². The summed E-state index contributed by atoms with van der Waals surface area (Å²) < 4.78 is 0. The first-order chi connectivity index (χ1) is 9.22. The summed E-state index contributed by atoms with van der Waals surface area (Å²) in [6.07, 6.45) is 2.13. The van der Waals surface area contributed by atoms with Crippen LogP contribution in [0.15, 0.2) is 41.9 Å². The third-order valence-electron chi connectivity index (χ3n) is 3.26. The molecular weight excluding hydrogens is 281 g/mol. The van der Waals surface area contributed by atoms with Crippen molar-refractivity contribution in [2.24, 2.45) is 0 Å². The SMILES string of the molecule is CC1NC(N(C/C=C/Cl)c2ccccc2)CNC1Cl. The lowest BCUT2D eigenvalue weighted by Gasteiger charge is -2.41. The molecule has 1 aromatic rings. The molecule has 3 nitrogen and oxygen atoms in total. The Hall–Kier alpha value is -0.740. The Morgan fingerprint density at radius 3 is 2.74 bits per heavy atom. The van der Waals surface area contributed by atoms with Gasteiger partial charge in [-0.2, -0.15) is 0 Å². The highest BCUT2D eigenvalue weighted by molar-refractivity contribution is 6.25. The fourth-order valence-electron chi connectivity index (χ4n) is 2.23. The summed E-state index contributed by atoms with van der Waals surface area (Å²) in [5.74, 6) is 0. The van der Waals surface area contributed by atoms with Crippen LogP contribution in [0.5, 0.6) is 0 Å². The predicted molar refractivity (Wildman–Crippen MR) is 82.8 cm³/mol. The lowest BCUT2D eigenvalue weighted by Crippen LogP contribution is -2.63. The number of halogens is 2. The second-order valence-electron chi connectivity index (χ2n) is 4.63. The molecule has 2 rings (SSSR count). The Balaban J connectivity index is 2.14. The summed E-state index contributed by atoms with van der Waals surface area (Å²) in [6, 6.07) is 10.5. The molecule has 0 bridgehead atoms. The van der Waals surface area contributed by atoms with Gasteiger partial charge in [0.2, 0.25) is 0 Å². The average Bonchev–Trinajstić information content (AvgIpc) is 2.44. The van der Waals surface area contributed by atoms with Crippen LogP contribution in [0.4, 0.5) is 5.69 Å². The van der Waals surface area contributed by atoms with Crippen LogP contribution < -0.4 is 15.5 Å². The lowest BCUT2D eigenvalue weighted by atomic mass is 10.2. The number of alkyl halides is 1. The van der Waals surface area contributed by atoms with E-state index in [0.29, 0.717) is 0 Å². The maximum absolute atomic E-state index is 6.16. The molecule has 5 heteroatoms.